The van der Waals surface area contributed by atoms with Gasteiger partial charge in [0.1, 0.15) is 5.75 Å². The van der Waals surface area contributed by atoms with Crippen molar-refractivity contribution in [2.45, 2.75) is 0 Å². The third kappa shape index (κ3) is 2.63. The Morgan fingerprint density at radius 1 is 0.933 bits per heavy atom. The smallest absolute Gasteiger partial charge is 0.116 e. The molecular weight excluding hydrogens is 414 g/mol. The molecule has 0 bridgehead atoms. The maximum absolute atomic E-state index is 9.33. The van der Waals surface area contributed by atoms with Crippen LogP contribution in [0.4, 0.5) is 0 Å². The number of halogens is 2. The molecule has 0 aliphatic rings. The maximum Gasteiger partial charge on any atom is 0.116 e. The lowest BCUT2D eigenvalue weighted by Gasteiger charge is -2.05. The first-order valence-corrected chi connectivity index (χ1v) is 6.57. The van der Waals surface area contributed by atoms with E-state index in [1.165, 1.54) is 9.13 Å². The van der Waals surface area contributed by atoms with Crippen LogP contribution in [0, 0.1) is 7.14 Å². The molecule has 0 aliphatic heterocycles. The number of phenolic OH excluding ortho intramolecular Hbond substituents is 1. The summed E-state index contributed by atoms with van der Waals surface area (Å²) < 4.78 is 2.28. The van der Waals surface area contributed by atoms with Crippen molar-refractivity contribution in [3.05, 3.63) is 49.6 Å². The van der Waals surface area contributed by atoms with Crippen molar-refractivity contribution in [2.24, 2.45) is 0 Å². The van der Waals surface area contributed by atoms with Crippen molar-refractivity contribution in [1.82, 2.24) is 0 Å². The van der Waals surface area contributed by atoms with E-state index in [0.717, 1.165) is 9.13 Å². The molecule has 3 heteroatoms. The Morgan fingerprint density at radius 2 is 1.73 bits per heavy atom. The van der Waals surface area contributed by atoms with Crippen molar-refractivity contribution in [3.63, 3.8) is 0 Å². The third-order valence-electron chi connectivity index (χ3n) is 2.09. The Labute approximate surface area is 116 Å². The van der Waals surface area contributed by atoms with Crippen molar-refractivity contribution in [1.29, 1.82) is 0 Å². The number of aromatic hydroxyl groups is 1. The van der Waals surface area contributed by atoms with Crippen LogP contribution in [0.15, 0.2) is 42.5 Å². The SMILES string of the molecule is Oc1ccc(-c2cccc(I)c2)c(I)c1. The molecule has 1 N–H and O–H groups in total. The predicted octanol–water partition coefficient (Wildman–Crippen LogP) is 4.27. The zero-order valence-electron chi connectivity index (χ0n) is 7.74. The van der Waals surface area contributed by atoms with E-state index in [1.807, 2.05) is 12.1 Å². The predicted molar refractivity (Wildman–Crippen MR) is 79.0 cm³/mol. The highest BCUT2D eigenvalue weighted by atomic mass is 127. The highest BCUT2D eigenvalue weighted by molar-refractivity contribution is 14.1. The molecule has 2 aromatic carbocycles. The lowest BCUT2D eigenvalue weighted by atomic mass is 10.1. The minimum Gasteiger partial charge on any atom is -0.508 e. The van der Waals surface area contributed by atoms with Crippen molar-refractivity contribution < 1.29 is 5.11 Å². The zero-order valence-corrected chi connectivity index (χ0v) is 12.1. The Kier molecular flexibility index (Phi) is 3.50. The van der Waals surface area contributed by atoms with Crippen LogP contribution in [-0.2, 0) is 0 Å². The van der Waals surface area contributed by atoms with Crippen LogP contribution in [0.3, 0.4) is 0 Å². The van der Waals surface area contributed by atoms with E-state index in [-0.39, 0.29) is 0 Å². The topological polar surface area (TPSA) is 20.2 Å². The molecule has 0 aromatic heterocycles. The summed E-state index contributed by atoms with van der Waals surface area (Å²) in [6.07, 6.45) is 0. The van der Waals surface area contributed by atoms with Crippen LogP contribution in [-0.4, -0.2) is 5.11 Å². The fraction of sp³-hybridized carbons (Fsp3) is 0. The molecule has 0 spiro atoms. The Bertz CT molecular complexity index is 495. The fourth-order valence-corrected chi connectivity index (χ4v) is 2.75. The minimum atomic E-state index is 0.314. The highest BCUT2D eigenvalue weighted by Crippen LogP contribution is 2.28. The quantitative estimate of drug-likeness (QED) is 0.682. The van der Waals surface area contributed by atoms with Crippen LogP contribution >= 0.6 is 45.2 Å². The van der Waals surface area contributed by atoms with Gasteiger partial charge in [0.2, 0.25) is 0 Å². The second kappa shape index (κ2) is 4.69. The van der Waals surface area contributed by atoms with Crippen molar-refractivity contribution in [2.75, 3.05) is 0 Å². The summed E-state index contributed by atoms with van der Waals surface area (Å²) >= 11 is 4.54. The number of hydrogen-bond acceptors (Lipinski definition) is 1. The summed E-state index contributed by atoms with van der Waals surface area (Å²) in [6.45, 7) is 0. The average molecular weight is 422 g/mol. The van der Waals surface area contributed by atoms with Gasteiger partial charge >= 0.3 is 0 Å². The van der Waals surface area contributed by atoms with Gasteiger partial charge in [-0.25, -0.2) is 0 Å². The summed E-state index contributed by atoms with van der Waals surface area (Å²) in [5.74, 6) is 0.314. The summed E-state index contributed by atoms with van der Waals surface area (Å²) in [4.78, 5) is 0. The van der Waals surface area contributed by atoms with E-state index < -0.39 is 0 Å². The summed E-state index contributed by atoms with van der Waals surface area (Å²) in [5.41, 5.74) is 2.35. The van der Waals surface area contributed by atoms with Gasteiger partial charge in [0.05, 0.1) is 0 Å². The number of phenols is 1. The summed E-state index contributed by atoms with van der Waals surface area (Å²) in [7, 11) is 0. The molecule has 0 radical (unpaired) electrons. The molecule has 2 rings (SSSR count). The van der Waals surface area contributed by atoms with Crippen LogP contribution in [0.5, 0.6) is 5.75 Å². The molecule has 0 saturated heterocycles. The number of rotatable bonds is 1. The number of hydrogen-bond donors (Lipinski definition) is 1. The first kappa shape index (κ1) is 11.2. The molecule has 15 heavy (non-hydrogen) atoms. The number of benzene rings is 2. The fourth-order valence-electron chi connectivity index (χ4n) is 1.39. The standard InChI is InChI=1S/C12H8I2O/c13-9-3-1-2-8(6-9)11-5-4-10(15)7-12(11)14/h1-7,15H. The van der Waals surface area contributed by atoms with Gasteiger partial charge in [-0.05, 0) is 86.6 Å². The van der Waals surface area contributed by atoms with Gasteiger partial charge in [0, 0.05) is 7.14 Å². The lowest BCUT2D eigenvalue weighted by Crippen LogP contribution is -1.83. The van der Waals surface area contributed by atoms with E-state index in [1.54, 1.807) is 12.1 Å². The maximum atomic E-state index is 9.33. The van der Waals surface area contributed by atoms with Gasteiger partial charge in [-0.1, -0.05) is 12.1 Å². The first-order chi connectivity index (χ1) is 7.16. The van der Waals surface area contributed by atoms with Gasteiger partial charge in [-0.3, -0.25) is 0 Å². The van der Waals surface area contributed by atoms with E-state index in [0.29, 0.717) is 5.75 Å². The second-order valence-electron chi connectivity index (χ2n) is 3.17. The van der Waals surface area contributed by atoms with Crippen LogP contribution in [0.1, 0.15) is 0 Å². The van der Waals surface area contributed by atoms with E-state index in [2.05, 4.69) is 63.4 Å². The molecule has 0 fully saturated rings. The molecule has 0 heterocycles. The lowest BCUT2D eigenvalue weighted by molar-refractivity contribution is 0.475. The van der Waals surface area contributed by atoms with Crippen LogP contribution in [0.2, 0.25) is 0 Å². The Morgan fingerprint density at radius 3 is 2.40 bits per heavy atom. The van der Waals surface area contributed by atoms with Crippen LogP contribution in [0.25, 0.3) is 11.1 Å². The molecule has 2 aromatic rings. The Hall–Kier alpha value is -0.300. The van der Waals surface area contributed by atoms with E-state index in [9.17, 15) is 5.11 Å². The normalized spacial score (nSPS) is 10.3. The highest BCUT2D eigenvalue weighted by Gasteiger charge is 2.03. The molecular formula is C12H8I2O. The average Bonchev–Trinajstić information content (AvgIpc) is 2.17. The van der Waals surface area contributed by atoms with E-state index >= 15 is 0 Å². The molecule has 0 unspecified atom stereocenters. The van der Waals surface area contributed by atoms with Gasteiger partial charge < -0.3 is 5.11 Å². The minimum absolute atomic E-state index is 0.314. The molecule has 0 atom stereocenters. The molecule has 0 saturated carbocycles. The Balaban J connectivity index is 2.54. The summed E-state index contributed by atoms with van der Waals surface area (Å²) in [5, 5.41) is 9.33. The van der Waals surface area contributed by atoms with Crippen LogP contribution < -0.4 is 0 Å². The van der Waals surface area contributed by atoms with Gasteiger partial charge in [-0.2, -0.15) is 0 Å². The second-order valence-corrected chi connectivity index (χ2v) is 5.58. The van der Waals surface area contributed by atoms with Gasteiger partial charge in [0.25, 0.3) is 0 Å². The largest absolute Gasteiger partial charge is 0.508 e. The van der Waals surface area contributed by atoms with Crippen molar-refractivity contribution >= 4 is 45.2 Å². The zero-order chi connectivity index (χ0) is 10.8. The molecule has 0 amide bonds. The molecule has 1 nitrogen and oxygen atoms in total. The van der Waals surface area contributed by atoms with Gasteiger partial charge in [-0.15, -0.1) is 0 Å². The monoisotopic (exact) mass is 422 g/mol. The third-order valence-corrected chi connectivity index (χ3v) is 3.65. The summed E-state index contributed by atoms with van der Waals surface area (Å²) in [6, 6.07) is 13.8. The van der Waals surface area contributed by atoms with Crippen molar-refractivity contribution in [3.8, 4) is 16.9 Å². The van der Waals surface area contributed by atoms with E-state index in [4.69, 9.17) is 0 Å². The molecule has 0 aliphatic carbocycles. The van der Waals surface area contributed by atoms with Gasteiger partial charge in [0.15, 0.2) is 0 Å². The molecule has 76 valence electrons. The first-order valence-electron chi connectivity index (χ1n) is 4.41.